The molecule has 0 aliphatic carbocycles. The van der Waals surface area contributed by atoms with E-state index in [1.807, 2.05) is 36.4 Å². The number of rotatable bonds is 6. The summed E-state index contributed by atoms with van der Waals surface area (Å²) in [5.41, 5.74) is 1.62. The Kier molecular flexibility index (Phi) is 5.79. The van der Waals surface area contributed by atoms with Gasteiger partial charge in [-0.25, -0.2) is 4.79 Å². The molecule has 0 saturated carbocycles. The second kappa shape index (κ2) is 8.62. The van der Waals surface area contributed by atoms with Crippen molar-refractivity contribution >= 4 is 17.8 Å². The molecule has 0 spiro atoms. The fourth-order valence-corrected chi connectivity index (χ4v) is 2.48. The number of carbonyl (C=O) groups is 1. The number of para-hydroxylation sites is 1. The molecule has 1 N–H and O–H groups in total. The summed E-state index contributed by atoms with van der Waals surface area (Å²) >= 11 is 0. The third kappa shape index (κ3) is 4.49. The van der Waals surface area contributed by atoms with E-state index in [0.717, 1.165) is 5.69 Å². The van der Waals surface area contributed by atoms with Crippen molar-refractivity contribution in [3.63, 3.8) is 0 Å². The maximum atomic E-state index is 12.4. The third-order valence-electron chi connectivity index (χ3n) is 3.77. The fourth-order valence-electron chi connectivity index (χ4n) is 2.48. The van der Waals surface area contributed by atoms with Gasteiger partial charge in [-0.1, -0.05) is 48.5 Å². The second-order valence-corrected chi connectivity index (χ2v) is 5.61. The largest absolute Gasteiger partial charge is 0.507 e. The maximum absolute atomic E-state index is 12.4. The maximum Gasteiger partial charge on any atom is 0.338 e. The Balaban J connectivity index is 2.02. The van der Waals surface area contributed by atoms with E-state index < -0.39 is 5.97 Å². The predicted molar refractivity (Wildman–Crippen MR) is 103 cm³/mol. The minimum Gasteiger partial charge on any atom is -0.507 e. The number of benzene rings is 2. The normalized spacial score (nSPS) is 12.0. The van der Waals surface area contributed by atoms with E-state index >= 15 is 0 Å². The summed E-state index contributed by atoms with van der Waals surface area (Å²) in [6.07, 6.45) is 4.47. The van der Waals surface area contributed by atoms with Crippen molar-refractivity contribution in [2.75, 3.05) is 6.61 Å². The fraction of sp³-hybridized carbons (Fsp3) is 0.0952. The van der Waals surface area contributed by atoms with Gasteiger partial charge in [-0.2, -0.15) is 0 Å². The van der Waals surface area contributed by atoms with Crippen molar-refractivity contribution in [1.82, 2.24) is 14.8 Å². The van der Waals surface area contributed by atoms with Gasteiger partial charge in [-0.05, 0) is 31.2 Å². The molecule has 6 heteroatoms. The van der Waals surface area contributed by atoms with Gasteiger partial charge >= 0.3 is 5.97 Å². The van der Waals surface area contributed by atoms with Crippen LogP contribution >= 0.6 is 0 Å². The monoisotopic (exact) mass is 361 g/mol. The van der Waals surface area contributed by atoms with Crippen molar-refractivity contribution in [2.24, 2.45) is 0 Å². The summed E-state index contributed by atoms with van der Waals surface area (Å²) in [6, 6.07) is 18.5. The van der Waals surface area contributed by atoms with Gasteiger partial charge in [0.1, 0.15) is 12.1 Å². The van der Waals surface area contributed by atoms with Gasteiger partial charge in [0.25, 0.3) is 0 Å². The van der Waals surface area contributed by atoms with Crippen LogP contribution in [-0.4, -0.2) is 32.4 Å². The van der Waals surface area contributed by atoms with Crippen LogP contribution in [-0.2, 0) is 9.53 Å². The van der Waals surface area contributed by atoms with Crippen molar-refractivity contribution in [1.29, 1.82) is 0 Å². The van der Waals surface area contributed by atoms with Crippen LogP contribution in [0.4, 0.5) is 0 Å². The highest BCUT2D eigenvalue weighted by Gasteiger charge is 2.13. The number of hydrogen-bond acceptors (Lipinski definition) is 5. The van der Waals surface area contributed by atoms with E-state index in [1.54, 1.807) is 42.1 Å². The molecule has 0 aliphatic rings. The molecule has 2 aromatic carbocycles. The lowest BCUT2D eigenvalue weighted by Crippen LogP contribution is -2.07. The van der Waals surface area contributed by atoms with E-state index in [9.17, 15) is 9.90 Å². The average molecular weight is 361 g/mol. The second-order valence-electron chi connectivity index (χ2n) is 5.61. The Morgan fingerprint density at radius 2 is 1.78 bits per heavy atom. The Morgan fingerprint density at radius 3 is 2.44 bits per heavy atom. The van der Waals surface area contributed by atoms with Crippen molar-refractivity contribution in [3.05, 3.63) is 90.0 Å². The number of aromatic nitrogens is 3. The molecular weight excluding hydrogens is 342 g/mol. The summed E-state index contributed by atoms with van der Waals surface area (Å²) in [6.45, 7) is 1.95. The molecule has 0 saturated heterocycles. The van der Waals surface area contributed by atoms with E-state index in [2.05, 4.69) is 10.2 Å². The van der Waals surface area contributed by atoms with E-state index in [-0.39, 0.29) is 17.9 Å². The molecule has 0 fully saturated rings. The molecule has 1 heterocycles. The zero-order valence-corrected chi connectivity index (χ0v) is 14.8. The minimum absolute atomic E-state index is 0.0410. The van der Waals surface area contributed by atoms with Gasteiger partial charge in [0.2, 0.25) is 0 Å². The molecule has 0 radical (unpaired) electrons. The van der Waals surface area contributed by atoms with Crippen LogP contribution < -0.4 is 0 Å². The molecule has 27 heavy (non-hydrogen) atoms. The molecule has 3 rings (SSSR count). The first-order valence-corrected chi connectivity index (χ1v) is 8.49. The van der Waals surface area contributed by atoms with E-state index in [4.69, 9.17) is 4.74 Å². The van der Waals surface area contributed by atoms with Gasteiger partial charge in [0.05, 0.1) is 12.2 Å². The van der Waals surface area contributed by atoms with Crippen LogP contribution in [0.1, 0.15) is 18.3 Å². The standard InChI is InChI=1S/C21H19N3O3/c1-2-27-21(26)17(13-19(25)16-9-5-3-6-10-16)14-20-23-22-15-24(20)18-11-7-4-8-12-18/h3-15,25H,2H2,1H3. The van der Waals surface area contributed by atoms with Crippen LogP contribution in [0.2, 0.25) is 0 Å². The average Bonchev–Trinajstić information content (AvgIpc) is 3.17. The highest BCUT2D eigenvalue weighted by Crippen LogP contribution is 2.18. The van der Waals surface area contributed by atoms with Gasteiger partial charge in [-0.3, -0.25) is 4.57 Å². The van der Waals surface area contributed by atoms with Crippen LogP contribution in [0.15, 0.2) is 78.6 Å². The number of esters is 1. The molecule has 1 aromatic heterocycles. The first-order chi connectivity index (χ1) is 13.2. The number of hydrogen-bond donors (Lipinski definition) is 1. The Hall–Kier alpha value is -3.67. The van der Waals surface area contributed by atoms with E-state index in [0.29, 0.717) is 11.4 Å². The summed E-state index contributed by atoms with van der Waals surface area (Å²) in [5.74, 6) is -0.148. The SMILES string of the molecule is CCOC(=O)C(=Cc1nncn1-c1ccccc1)C=C(O)c1ccccc1. The van der Waals surface area contributed by atoms with Gasteiger partial charge < -0.3 is 9.84 Å². The van der Waals surface area contributed by atoms with Crippen LogP contribution in [0, 0.1) is 0 Å². The first-order valence-electron chi connectivity index (χ1n) is 8.49. The first kappa shape index (κ1) is 18.1. The van der Waals surface area contributed by atoms with Gasteiger partial charge in [0.15, 0.2) is 5.82 Å². The predicted octanol–water partition coefficient (Wildman–Crippen LogP) is 3.81. The van der Waals surface area contributed by atoms with Gasteiger partial charge in [0, 0.05) is 11.3 Å². The van der Waals surface area contributed by atoms with Crippen molar-refractivity contribution < 1.29 is 14.6 Å². The molecule has 0 unspecified atom stereocenters. The van der Waals surface area contributed by atoms with Crippen LogP contribution in [0.25, 0.3) is 17.5 Å². The van der Waals surface area contributed by atoms with Gasteiger partial charge in [-0.15, -0.1) is 10.2 Å². The quantitative estimate of drug-likeness (QED) is 0.313. The number of carbonyl (C=O) groups excluding carboxylic acids is 1. The molecule has 0 amide bonds. The lowest BCUT2D eigenvalue weighted by molar-refractivity contribution is -0.138. The molecule has 0 atom stereocenters. The summed E-state index contributed by atoms with van der Waals surface area (Å²) in [5, 5.41) is 18.4. The summed E-state index contributed by atoms with van der Waals surface area (Å²) in [4.78, 5) is 12.4. The highest BCUT2D eigenvalue weighted by atomic mass is 16.5. The Labute approximate surface area is 157 Å². The highest BCUT2D eigenvalue weighted by molar-refractivity contribution is 5.98. The molecular formula is C21H19N3O3. The molecule has 6 nitrogen and oxygen atoms in total. The minimum atomic E-state index is -0.553. The number of nitrogens with zero attached hydrogens (tertiary/aromatic N) is 3. The number of ether oxygens (including phenoxy) is 1. The lowest BCUT2D eigenvalue weighted by Gasteiger charge is -2.07. The van der Waals surface area contributed by atoms with Crippen LogP contribution in [0.5, 0.6) is 0 Å². The smallest absolute Gasteiger partial charge is 0.338 e. The Morgan fingerprint density at radius 1 is 1.11 bits per heavy atom. The summed E-state index contributed by atoms with van der Waals surface area (Å²) < 4.78 is 6.86. The third-order valence-corrected chi connectivity index (χ3v) is 3.77. The molecule has 0 bridgehead atoms. The molecule has 3 aromatic rings. The zero-order chi connectivity index (χ0) is 19.1. The van der Waals surface area contributed by atoms with E-state index in [1.165, 1.54) is 12.2 Å². The molecule has 136 valence electrons. The number of aliphatic hydroxyl groups excluding tert-OH is 1. The number of aliphatic hydroxyl groups is 1. The lowest BCUT2D eigenvalue weighted by atomic mass is 10.1. The van der Waals surface area contributed by atoms with Crippen LogP contribution in [0.3, 0.4) is 0 Å². The molecule has 0 aliphatic heterocycles. The summed E-state index contributed by atoms with van der Waals surface area (Å²) in [7, 11) is 0. The Bertz CT molecular complexity index is 961. The van der Waals surface area contributed by atoms with Crippen molar-refractivity contribution in [2.45, 2.75) is 6.92 Å². The topological polar surface area (TPSA) is 77.2 Å². The zero-order valence-electron chi connectivity index (χ0n) is 14.8. The van der Waals surface area contributed by atoms with Crippen molar-refractivity contribution in [3.8, 4) is 5.69 Å².